The first-order valence-electron chi connectivity index (χ1n) is 6.20. The SMILES string of the molecule is C[Si](C(=O)C(F)(F)C(F)(F)F)(C(=O)C(F)(F)C(F)(F)F)C(=O)C(F)(F)C(F)(F)F. The van der Waals surface area contributed by atoms with E-state index in [1.165, 1.54) is 0 Å². The van der Waals surface area contributed by atoms with Crippen molar-refractivity contribution < 1.29 is 80.2 Å². The van der Waals surface area contributed by atoms with Crippen LogP contribution in [0, 0.1) is 0 Å². The van der Waals surface area contributed by atoms with E-state index in [0.29, 0.717) is 0 Å². The highest BCUT2D eigenvalue weighted by atomic mass is 28.3. The van der Waals surface area contributed by atoms with E-state index < -0.39 is 67.1 Å². The molecule has 0 heterocycles. The first-order valence-corrected chi connectivity index (χ1v) is 8.70. The molecule has 3 nitrogen and oxygen atoms in total. The van der Waals surface area contributed by atoms with Crippen molar-refractivity contribution in [2.45, 2.75) is 42.8 Å². The third-order valence-electron chi connectivity index (χ3n) is 3.29. The van der Waals surface area contributed by atoms with Crippen molar-refractivity contribution in [3.8, 4) is 0 Å². The Kier molecular flexibility index (Phi) is 6.43. The predicted octanol–water partition coefficient (Wildman–Crippen LogP) is 3.98. The molecule has 0 aromatic rings. The molecule has 0 aliphatic heterocycles. The molecule has 19 heteroatoms. The van der Waals surface area contributed by atoms with Crippen LogP contribution in [0.4, 0.5) is 65.9 Å². The standard InChI is InChI=1S/C10H3F15O3Si/c1-29(2(26)5(11,12)8(17,18)19,3(27)6(13,14)9(20,21)22)4(28)7(15,16)10(23,24)25/h1H3. The Morgan fingerprint density at radius 1 is 0.448 bits per heavy atom. The summed E-state index contributed by atoms with van der Waals surface area (Å²) in [7, 11) is -8.12. The van der Waals surface area contributed by atoms with Crippen molar-refractivity contribution in [2.24, 2.45) is 0 Å². The van der Waals surface area contributed by atoms with Crippen molar-refractivity contribution in [1.82, 2.24) is 0 Å². The molecule has 0 aromatic heterocycles. The second-order valence-electron chi connectivity index (χ2n) is 5.33. The van der Waals surface area contributed by atoms with Crippen molar-refractivity contribution in [3.05, 3.63) is 0 Å². The van der Waals surface area contributed by atoms with Gasteiger partial charge in [0.25, 0.3) is 0 Å². The molecular weight excluding hydrogens is 481 g/mol. The van der Waals surface area contributed by atoms with E-state index in [9.17, 15) is 80.2 Å². The molecule has 0 bridgehead atoms. The highest BCUT2D eigenvalue weighted by molar-refractivity contribution is 7.41. The first-order chi connectivity index (χ1) is 12.2. The van der Waals surface area contributed by atoms with Crippen LogP contribution in [0.5, 0.6) is 0 Å². The number of alkyl halides is 15. The van der Waals surface area contributed by atoms with Gasteiger partial charge in [-0.1, -0.05) is 0 Å². The zero-order valence-corrected chi connectivity index (χ0v) is 13.9. The molecule has 0 saturated heterocycles. The molecule has 0 radical (unpaired) electrons. The largest absolute Gasteiger partial charge is 0.460 e. The summed E-state index contributed by atoms with van der Waals surface area (Å²) in [5.41, 5.74) is 0. The van der Waals surface area contributed by atoms with E-state index in [1.54, 1.807) is 0 Å². The van der Waals surface area contributed by atoms with Crippen LogP contribution in [0.15, 0.2) is 0 Å². The van der Waals surface area contributed by atoms with Gasteiger partial charge in [-0.2, -0.15) is 65.9 Å². The highest BCUT2D eigenvalue weighted by Gasteiger charge is 2.81. The third kappa shape index (κ3) is 4.09. The van der Waals surface area contributed by atoms with E-state index in [2.05, 4.69) is 0 Å². The van der Waals surface area contributed by atoms with Crippen molar-refractivity contribution in [2.75, 3.05) is 0 Å². The monoisotopic (exact) mass is 484 g/mol. The molecule has 0 aromatic carbocycles. The molecular formula is C10H3F15O3Si. The fourth-order valence-electron chi connectivity index (χ4n) is 1.64. The van der Waals surface area contributed by atoms with Crippen LogP contribution in [-0.4, -0.2) is 60.6 Å². The van der Waals surface area contributed by atoms with Crippen LogP contribution in [0.3, 0.4) is 0 Å². The normalized spacial score (nSPS) is 15.3. The number of rotatable bonds is 6. The molecule has 0 amide bonds. The molecule has 29 heavy (non-hydrogen) atoms. The molecule has 170 valence electrons. The lowest BCUT2D eigenvalue weighted by atomic mass is 10.3. The zero-order chi connectivity index (χ0) is 24.2. The smallest absolute Gasteiger partial charge is 0.297 e. The molecule has 0 saturated carbocycles. The topological polar surface area (TPSA) is 51.2 Å². The van der Waals surface area contributed by atoms with E-state index >= 15 is 0 Å². The first kappa shape index (κ1) is 27.2. The predicted molar refractivity (Wildman–Crippen MR) is 59.6 cm³/mol. The van der Waals surface area contributed by atoms with Gasteiger partial charge in [0.15, 0.2) is 0 Å². The van der Waals surface area contributed by atoms with Crippen molar-refractivity contribution in [3.63, 3.8) is 0 Å². The van der Waals surface area contributed by atoms with Crippen LogP contribution in [0.1, 0.15) is 0 Å². The Balaban J connectivity index is 7.11. The third-order valence-corrected chi connectivity index (χ3v) is 6.95. The lowest BCUT2D eigenvalue weighted by Gasteiger charge is -2.33. The number of hydrogen-bond acceptors (Lipinski definition) is 3. The summed E-state index contributed by atoms with van der Waals surface area (Å²) >= 11 is 0. The van der Waals surface area contributed by atoms with Gasteiger partial charge in [0, 0.05) is 0 Å². The maximum Gasteiger partial charge on any atom is 0.460 e. The number of carbonyl (C=O) groups is 3. The second-order valence-corrected chi connectivity index (χ2v) is 8.94. The van der Waals surface area contributed by atoms with Crippen LogP contribution in [0.2, 0.25) is 6.55 Å². The molecule has 0 N–H and O–H groups in total. The Hall–Kier alpha value is -1.82. The van der Waals surface area contributed by atoms with E-state index in [-0.39, 0.29) is 0 Å². The lowest BCUT2D eigenvalue weighted by Crippen LogP contribution is -2.74. The quantitative estimate of drug-likeness (QED) is 0.424. The minimum Gasteiger partial charge on any atom is -0.297 e. The maximum atomic E-state index is 13.1. The van der Waals surface area contributed by atoms with Gasteiger partial charge in [0.2, 0.25) is 16.2 Å². The van der Waals surface area contributed by atoms with Gasteiger partial charge in [-0.25, -0.2) is 0 Å². The molecule has 0 aliphatic carbocycles. The fraction of sp³-hybridized carbons (Fsp3) is 0.700. The summed E-state index contributed by atoms with van der Waals surface area (Å²) < 4.78 is 189. The van der Waals surface area contributed by atoms with Gasteiger partial charge in [-0.15, -0.1) is 0 Å². The zero-order valence-electron chi connectivity index (χ0n) is 12.9. The van der Waals surface area contributed by atoms with Crippen LogP contribution in [-0.2, 0) is 14.4 Å². The van der Waals surface area contributed by atoms with Gasteiger partial charge in [-0.3, -0.25) is 14.4 Å². The average Bonchev–Trinajstić information content (AvgIpc) is 2.48. The Morgan fingerprint density at radius 3 is 0.690 bits per heavy atom. The van der Waals surface area contributed by atoms with Crippen molar-refractivity contribution >= 4 is 24.3 Å². The van der Waals surface area contributed by atoms with Gasteiger partial charge in [-0.05, 0) is 6.55 Å². The highest BCUT2D eigenvalue weighted by Crippen LogP contribution is 2.46. The van der Waals surface area contributed by atoms with Gasteiger partial charge >= 0.3 is 44.4 Å². The van der Waals surface area contributed by atoms with Crippen LogP contribution >= 0.6 is 0 Å². The summed E-state index contributed by atoms with van der Waals surface area (Å²) in [5.74, 6) is -21.6. The summed E-state index contributed by atoms with van der Waals surface area (Å²) in [5, 5.41) is -13.7. The summed E-state index contributed by atoms with van der Waals surface area (Å²) in [4.78, 5) is 33.9. The second kappa shape index (κ2) is 6.86. The van der Waals surface area contributed by atoms with Crippen LogP contribution in [0.25, 0.3) is 0 Å². The minimum atomic E-state index is -8.12. The fourth-order valence-corrected chi connectivity index (χ4v) is 4.57. The van der Waals surface area contributed by atoms with E-state index in [1.807, 2.05) is 0 Å². The summed E-state index contributed by atoms with van der Waals surface area (Å²) in [6.07, 6.45) is -21.8. The summed E-state index contributed by atoms with van der Waals surface area (Å²) in [6, 6.07) is 0. The van der Waals surface area contributed by atoms with Gasteiger partial charge < -0.3 is 0 Å². The molecule has 0 rings (SSSR count). The Morgan fingerprint density at radius 2 is 0.586 bits per heavy atom. The molecule has 0 unspecified atom stereocenters. The van der Waals surface area contributed by atoms with Gasteiger partial charge in [0.05, 0.1) is 0 Å². The maximum absolute atomic E-state index is 13.1. The molecule has 0 fully saturated rings. The van der Waals surface area contributed by atoms with E-state index in [0.717, 1.165) is 0 Å². The summed E-state index contributed by atoms with van der Waals surface area (Å²) in [6.45, 7) is -1.21. The Bertz CT molecular complexity index is 606. The number of hydrogen-bond donors (Lipinski definition) is 0. The average molecular weight is 484 g/mol. The number of halogens is 15. The lowest BCUT2D eigenvalue weighted by molar-refractivity contribution is -0.269. The Labute approximate surface area is 148 Å². The van der Waals surface area contributed by atoms with E-state index in [4.69, 9.17) is 0 Å². The van der Waals surface area contributed by atoms with Gasteiger partial charge in [0.1, 0.15) is 0 Å². The minimum absolute atomic E-state index is 1.21. The van der Waals surface area contributed by atoms with Crippen molar-refractivity contribution in [1.29, 1.82) is 0 Å². The molecule has 0 spiro atoms. The number of carbonyl (C=O) groups excluding carboxylic acids is 3. The molecule has 0 atom stereocenters. The van der Waals surface area contributed by atoms with Crippen LogP contribution < -0.4 is 0 Å². The molecule has 0 aliphatic rings.